The number of nitrogens with one attached hydrogen (secondary N) is 2. The molecule has 22 heavy (non-hydrogen) atoms. The second-order valence-corrected chi connectivity index (χ2v) is 5.45. The Bertz CT molecular complexity index is 748. The fourth-order valence-corrected chi connectivity index (χ4v) is 2.73. The summed E-state index contributed by atoms with van der Waals surface area (Å²) >= 11 is 0. The molecule has 6 heteroatoms. The molecule has 2 aromatic heterocycles. The topological polar surface area (TPSA) is 75.5 Å². The summed E-state index contributed by atoms with van der Waals surface area (Å²) in [6, 6.07) is 5.52. The summed E-state index contributed by atoms with van der Waals surface area (Å²) < 4.78 is 1.70. The van der Waals surface area contributed by atoms with E-state index in [4.69, 9.17) is 0 Å². The third kappa shape index (κ3) is 2.86. The van der Waals surface area contributed by atoms with Crippen molar-refractivity contribution in [3.63, 3.8) is 0 Å². The van der Waals surface area contributed by atoms with Crippen molar-refractivity contribution in [2.75, 3.05) is 0 Å². The van der Waals surface area contributed by atoms with E-state index in [1.54, 1.807) is 17.5 Å². The zero-order chi connectivity index (χ0) is 15.5. The molecule has 0 saturated carbocycles. The molecule has 1 unspecified atom stereocenters. The SMILES string of the molecule is Cc1nc2ccccn2c1C(=O)NNC(=O)CC1C=CCC1. The zero-order valence-electron chi connectivity index (χ0n) is 12.4. The molecule has 2 amide bonds. The number of rotatable bonds is 3. The van der Waals surface area contributed by atoms with Gasteiger partial charge in [0.25, 0.3) is 5.91 Å². The van der Waals surface area contributed by atoms with Gasteiger partial charge >= 0.3 is 0 Å². The van der Waals surface area contributed by atoms with Crippen LogP contribution in [0.4, 0.5) is 0 Å². The number of hydrogen-bond donors (Lipinski definition) is 2. The maximum atomic E-state index is 12.3. The molecule has 2 aromatic rings. The van der Waals surface area contributed by atoms with Crippen LogP contribution in [-0.2, 0) is 4.79 Å². The molecule has 0 spiro atoms. The third-order valence-electron chi connectivity index (χ3n) is 3.79. The molecule has 1 aliphatic rings. The van der Waals surface area contributed by atoms with Crippen molar-refractivity contribution in [3.05, 3.63) is 47.9 Å². The highest BCUT2D eigenvalue weighted by molar-refractivity contribution is 5.95. The highest BCUT2D eigenvalue weighted by Crippen LogP contribution is 2.19. The van der Waals surface area contributed by atoms with Crippen LogP contribution in [0.1, 0.15) is 35.4 Å². The molecule has 1 aliphatic carbocycles. The molecule has 3 rings (SSSR count). The predicted octanol–water partition coefficient (Wildman–Crippen LogP) is 1.76. The molecule has 0 aromatic carbocycles. The number of aryl methyl sites for hydroxylation is 1. The lowest BCUT2D eigenvalue weighted by molar-refractivity contribution is -0.122. The number of imidazole rings is 1. The van der Waals surface area contributed by atoms with Crippen LogP contribution < -0.4 is 10.9 Å². The van der Waals surface area contributed by atoms with Crippen molar-refractivity contribution in [1.82, 2.24) is 20.2 Å². The highest BCUT2D eigenvalue weighted by atomic mass is 16.2. The average Bonchev–Trinajstić information content (AvgIpc) is 3.11. The van der Waals surface area contributed by atoms with Crippen molar-refractivity contribution >= 4 is 17.5 Å². The first-order valence-electron chi connectivity index (χ1n) is 7.34. The minimum Gasteiger partial charge on any atom is -0.295 e. The molecule has 0 fully saturated rings. The van der Waals surface area contributed by atoms with Crippen molar-refractivity contribution in [2.24, 2.45) is 5.92 Å². The first-order chi connectivity index (χ1) is 10.6. The number of nitrogens with zero attached hydrogens (tertiary/aromatic N) is 2. The van der Waals surface area contributed by atoms with Gasteiger partial charge in [-0.05, 0) is 37.8 Å². The maximum absolute atomic E-state index is 12.3. The number of aromatic nitrogens is 2. The molecular formula is C16H18N4O2. The van der Waals surface area contributed by atoms with Gasteiger partial charge in [-0.1, -0.05) is 18.2 Å². The first kappa shape index (κ1) is 14.3. The van der Waals surface area contributed by atoms with E-state index in [0.717, 1.165) is 12.8 Å². The molecule has 114 valence electrons. The molecular weight excluding hydrogens is 280 g/mol. The number of fused-ring (bicyclic) bond motifs is 1. The monoisotopic (exact) mass is 298 g/mol. The van der Waals surface area contributed by atoms with Gasteiger partial charge in [0.2, 0.25) is 5.91 Å². The fraction of sp³-hybridized carbons (Fsp3) is 0.312. The predicted molar refractivity (Wildman–Crippen MR) is 82.0 cm³/mol. The summed E-state index contributed by atoms with van der Waals surface area (Å²) in [7, 11) is 0. The van der Waals surface area contributed by atoms with Crippen LogP contribution in [0.25, 0.3) is 5.65 Å². The largest absolute Gasteiger partial charge is 0.295 e. The van der Waals surface area contributed by atoms with E-state index < -0.39 is 0 Å². The number of hydrogen-bond acceptors (Lipinski definition) is 3. The zero-order valence-corrected chi connectivity index (χ0v) is 12.4. The summed E-state index contributed by atoms with van der Waals surface area (Å²) in [6.07, 6.45) is 8.31. The minimum atomic E-state index is -0.369. The Morgan fingerprint density at radius 3 is 3.00 bits per heavy atom. The molecule has 0 radical (unpaired) electrons. The molecule has 0 saturated heterocycles. The van der Waals surface area contributed by atoms with Crippen LogP contribution in [0.2, 0.25) is 0 Å². The van der Waals surface area contributed by atoms with Crippen molar-refractivity contribution < 1.29 is 9.59 Å². The van der Waals surface area contributed by atoms with E-state index >= 15 is 0 Å². The summed E-state index contributed by atoms with van der Waals surface area (Å²) in [5.41, 5.74) is 6.70. The Hall–Kier alpha value is -2.63. The summed E-state index contributed by atoms with van der Waals surface area (Å²) in [4.78, 5) is 28.4. The van der Waals surface area contributed by atoms with E-state index in [9.17, 15) is 9.59 Å². The molecule has 2 heterocycles. The lowest BCUT2D eigenvalue weighted by Gasteiger charge is -2.10. The molecule has 2 N–H and O–H groups in total. The summed E-state index contributed by atoms with van der Waals surface area (Å²) in [5, 5.41) is 0. The van der Waals surface area contributed by atoms with Gasteiger partial charge in [0.05, 0.1) is 5.69 Å². The second kappa shape index (κ2) is 6.01. The van der Waals surface area contributed by atoms with E-state index in [1.165, 1.54) is 0 Å². The van der Waals surface area contributed by atoms with Crippen molar-refractivity contribution in [2.45, 2.75) is 26.2 Å². The Labute approximate surface area is 128 Å². The second-order valence-electron chi connectivity index (χ2n) is 5.45. The minimum absolute atomic E-state index is 0.184. The van der Waals surface area contributed by atoms with Gasteiger partial charge in [-0.15, -0.1) is 0 Å². The van der Waals surface area contributed by atoms with Gasteiger partial charge in [-0.25, -0.2) is 4.98 Å². The number of hydrazine groups is 1. The van der Waals surface area contributed by atoms with Crippen LogP contribution in [0.15, 0.2) is 36.5 Å². The van der Waals surface area contributed by atoms with Crippen LogP contribution in [-0.4, -0.2) is 21.2 Å². The quantitative estimate of drug-likeness (QED) is 0.669. The molecule has 0 bridgehead atoms. The lowest BCUT2D eigenvalue weighted by atomic mass is 10.1. The number of carbonyl (C=O) groups is 2. The molecule has 1 atom stereocenters. The summed E-state index contributed by atoms with van der Waals surface area (Å²) in [6.45, 7) is 1.77. The van der Waals surface area contributed by atoms with Gasteiger partial charge in [-0.3, -0.25) is 24.8 Å². The van der Waals surface area contributed by atoms with Gasteiger partial charge < -0.3 is 0 Å². The average molecular weight is 298 g/mol. The van der Waals surface area contributed by atoms with Crippen LogP contribution in [0, 0.1) is 12.8 Å². The number of carbonyl (C=O) groups excluding carboxylic acids is 2. The van der Waals surface area contributed by atoms with Gasteiger partial charge in [0, 0.05) is 12.6 Å². The number of pyridine rings is 1. The molecule has 0 aliphatic heterocycles. The van der Waals surface area contributed by atoms with E-state index in [-0.39, 0.29) is 17.7 Å². The van der Waals surface area contributed by atoms with E-state index in [2.05, 4.69) is 28.0 Å². The Morgan fingerprint density at radius 2 is 2.23 bits per heavy atom. The maximum Gasteiger partial charge on any atom is 0.288 e. The standard InChI is InChI=1S/C16H18N4O2/c1-11-15(20-9-5-4-8-13(20)17-11)16(22)19-18-14(21)10-12-6-2-3-7-12/h2,4-6,8-9,12H,3,7,10H2,1H3,(H,18,21)(H,19,22). The first-order valence-corrected chi connectivity index (χ1v) is 7.34. The van der Waals surface area contributed by atoms with Crippen LogP contribution in [0.5, 0.6) is 0 Å². The molecule has 6 nitrogen and oxygen atoms in total. The highest BCUT2D eigenvalue weighted by Gasteiger charge is 2.18. The van der Waals surface area contributed by atoms with Crippen LogP contribution >= 0.6 is 0 Å². The number of allylic oxidation sites excluding steroid dienone is 2. The van der Waals surface area contributed by atoms with E-state index in [1.807, 2.05) is 18.2 Å². The normalized spacial score (nSPS) is 16.9. The van der Waals surface area contributed by atoms with Gasteiger partial charge in [0.1, 0.15) is 11.3 Å². The van der Waals surface area contributed by atoms with Crippen molar-refractivity contribution in [3.8, 4) is 0 Å². The third-order valence-corrected chi connectivity index (χ3v) is 3.79. The van der Waals surface area contributed by atoms with E-state index in [0.29, 0.717) is 23.5 Å². The van der Waals surface area contributed by atoms with Gasteiger partial charge in [-0.2, -0.15) is 0 Å². The Morgan fingerprint density at radius 1 is 1.36 bits per heavy atom. The number of amides is 2. The van der Waals surface area contributed by atoms with Gasteiger partial charge in [0.15, 0.2) is 0 Å². The fourth-order valence-electron chi connectivity index (χ4n) is 2.73. The van der Waals surface area contributed by atoms with Crippen molar-refractivity contribution in [1.29, 1.82) is 0 Å². The Kier molecular flexibility index (Phi) is 3.91. The Balaban J connectivity index is 1.64. The van der Waals surface area contributed by atoms with Crippen LogP contribution in [0.3, 0.4) is 0 Å². The summed E-state index contributed by atoms with van der Waals surface area (Å²) in [5.74, 6) is -0.280. The smallest absolute Gasteiger partial charge is 0.288 e. The lowest BCUT2D eigenvalue weighted by Crippen LogP contribution is -2.42.